The summed E-state index contributed by atoms with van der Waals surface area (Å²) in [5.74, 6) is 4.49. The zero-order valence-electron chi connectivity index (χ0n) is 11.9. The van der Waals surface area contributed by atoms with Gasteiger partial charge in [0.1, 0.15) is 0 Å². The van der Waals surface area contributed by atoms with Crippen LogP contribution < -0.4 is 5.32 Å². The molecule has 1 aliphatic rings. The van der Waals surface area contributed by atoms with Crippen molar-refractivity contribution < 1.29 is 0 Å². The van der Waals surface area contributed by atoms with Crippen LogP contribution in [0.1, 0.15) is 59.3 Å². The standard InChI is InChI=1S/C16H29N/c1-5-7-8-14-12-16(3,4)10-9-15(14)13-17-11-6-2/h1,14-15,17H,6-13H2,2-4H3. The molecule has 0 bridgehead atoms. The zero-order chi connectivity index (χ0) is 12.7. The average Bonchev–Trinajstić information content (AvgIpc) is 2.28. The molecule has 1 saturated carbocycles. The quantitative estimate of drug-likeness (QED) is 0.545. The lowest BCUT2D eigenvalue weighted by molar-refractivity contribution is 0.111. The van der Waals surface area contributed by atoms with Crippen LogP contribution in [0.3, 0.4) is 0 Å². The molecule has 1 nitrogen and oxygen atoms in total. The molecule has 0 saturated heterocycles. The molecule has 0 aromatic heterocycles. The molecular formula is C16H29N. The summed E-state index contributed by atoms with van der Waals surface area (Å²) in [6.07, 6.45) is 12.9. The number of hydrogen-bond acceptors (Lipinski definition) is 1. The fourth-order valence-corrected chi connectivity index (χ4v) is 3.13. The van der Waals surface area contributed by atoms with E-state index in [1.165, 1.54) is 38.6 Å². The topological polar surface area (TPSA) is 12.0 Å². The van der Waals surface area contributed by atoms with Gasteiger partial charge in [-0.2, -0.15) is 0 Å². The Hall–Kier alpha value is -0.480. The molecule has 1 N–H and O–H groups in total. The molecule has 0 spiro atoms. The first kappa shape index (κ1) is 14.6. The van der Waals surface area contributed by atoms with E-state index in [1.807, 2.05) is 0 Å². The number of rotatable bonds is 6. The molecule has 2 atom stereocenters. The maximum Gasteiger partial charge on any atom is 0.00888 e. The van der Waals surface area contributed by atoms with Gasteiger partial charge in [-0.05, 0) is 62.4 Å². The van der Waals surface area contributed by atoms with Crippen molar-refractivity contribution in [2.75, 3.05) is 13.1 Å². The van der Waals surface area contributed by atoms with Crippen LogP contribution in [0.25, 0.3) is 0 Å². The van der Waals surface area contributed by atoms with Gasteiger partial charge in [-0.1, -0.05) is 20.8 Å². The highest BCUT2D eigenvalue weighted by Crippen LogP contribution is 2.43. The van der Waals surface area contributed by atoms with Crippen LogP contribution in [0.5, 0.6) is 0 Å². The second-order valence-corrected chi connectivity index (χ2v) is 6.37. The molecule has 1 rings (SSSR count). The maximum absolute atomic E-state index is 5.41. The summed E-state index contributed by atoms with van der Waals surface area (Å²) in [5.41, 5.74) is 0.528. The monoisotopic (exact) mass is 235 g/mol. The van der Waals surface area contributed by atoms with Crippen LogP contribution in [0, 0.1) is 29.6 Å². The minimum Gasteiger partial charge on any atom is -0.316 e. The van der Waals surface area contributed by atoms with Gasteiger partial charge in [0.2, 0.25) is 0 Å². The molecular weight excluding hydrogens is 206 g/mol. The Kier molecular flexibility index (Phi) is 6.06. The highest BCUT2D eigenvalue weighted by molar-refractivity contribution is 4.90. The zero-order valence-corrected chi connectivity index (χ0v) is 11.9. The minimum atomic E-state index is 0.528. The summed E-state index contributed by atoms with van der Waals surface area (Å²) in [6, 6.07) is 0. The minimum absolute atomic E-state index is 0.528. The third-order valence-electron chi connectivity index (χ3n) is 4.17. The Morgan fingerprint density at radius 1 is 1.35 bits per heavy atom. The Bertz CT molecular complexity index is 249. The van der Waals surface area contributed by atoms with E-state index in [-0.39, 0.29) is 0 Å². The lowest BCUT2D eigenvalue weighted by Crippen LogP contribution is -2.36. The van der Waals surface area contributed by atoms with E-state index in [2.05, 4.69) is 32.0 Å². The first-order chi connectivity index (χ1) is 8.09. The van der Waals surface area contributed by atoms with Gasteiger partial charge in [0.05, 0.1) is 0 Å². The molecule has 0 aliphatic heterocycles. The molecule has 1 fully saturated rings. The first-order valence-corrected chi connectivity index (χ1v) is 7.23. The van der Waals surface area contributed by atoms with E-state index >= 15 is 0 Å². The summed E-state index contributed by atoms with van der Waals surface area (Å²) >= 11 is 0. The van der Waals surface area contributed by atoms with E-state index in [0.717, 1.165) is 24.8 Å². The molecule has 1 aliphatic carbocycles. The lowest BCUT2D eigenvalue weighted by atomic mass is 9.66. The van der Waals surface area contributed by atoms with Gasteiger partial charge in [-0.3, -0.25) is 0 Å². The summed E-state index contributed by atoms with van der Waals surface area (Å²) in [6.45, 7) is 9.39. The lowest BCUT2D eigenvalue weighted by Gasteiger charge is -2.41. The molecule has 0 aromatic carbocycles. The second-order valence-electron chi connectivity index (χ2n) is 6.37. The summed E-state index contributed by atoms with van der Waals surface area (Å²) in [4.78, 5) is 0. The van der Waals surface area contributed by atoms with Crippen LogP contribution in [0.4, 0.5) is 0 Å². The first-order valence-electron chi connectivity index (χ1n) is 7.23. The van der Waals surface area contributed by atoms with Gasteiger partial charge in [-0.25, -0.2) is 0 Å². The Morgan fingerprint density at radius 3 is 2.76 bits per heavy atom. The SMILES string of the molecule is C#CCCC1CC(C)(C)CCC1CNCCC. The molecule has 2 unspecified atom stereocenters. The summed E-state index contributed by atoms with van der Waals surface area (Å²) < 4.78 is 0. The summed E-state index contributed by atoms with van der Waals surface area (Å²) in [7, 11) is 0. The van der Waals surface area contributed by atoms with Gasteiger partial charge in [0, 0.05) is 6.42 Å². The van der Waals surface area contributed by atoms with Crippen LogP contribution in [-0.2, 0) is 0 Å². The van der Waals surface area contributed by atoms with Crippen molar-refractivity contribution in [3.63, 3.8) is 0 Å². The van der Waals surface area contributed by atoms with Gasteiger partial charge in [-0.15, -0.1) is 12.3 Å². The van der Waals surface area contributed by atoms with E-state index in [0.29, 0.717) is 5.41 Å². The normalized spacial score (nSPS) is 27.6. The van der Waals surface area contributed by atoms with E-state index in [4.69, 9.17) is 6.42 Å². The fourth-order valence-electron chi connectivity index (χ4n) is 3.13. The number of nitrogens with one attached hydrogen (secondary N) is 1. The average molecular weight is 235 g/mol. The maximum atomic E-state index is 5.41. The third kappa shape index (κ3) is 5.13. The molecule has 1 heteroatoms. The van der Waals surface area contributed by atoms with E-state index < -0.39 is 0 Å². The Balaban J connectivity index is 2.45. The van der Waals surface area contributed by atoms with Crippen molar-refractivity contribution in [3.05, 3.63) is 0 Å². The smallest absolute Gasteiger partial charge is 0.00888 e. The largest absolute Gasteiger partial charge is 0.316 e. The van der Waals surface area contributed by atoms with Gasteiger partial charge in [0.25, 0.3) is 0 Å². The van der Waals surface area contributed by atoms with Crippen molar-refractivity contribution in [3.8, 4) is 12.3 Å². The molecule has 0 heterocycles. The number of terminal acetylenes is 1. The van der Waals surface area contributed by atoms with E-state index in [9.17, 15) is 0 Å². The Morgan fingerprint density at radius 2 is 2.12 bits per heavy atom. The van der Waals surface area contributed by atoms with Gasteiger partial charge in [0.15, 0.2) is 0 Å². The highest BCUT2D eigenvalue weighted by atomic mass is 14.9. The predicted octanol–water partition coefficient (Wildman–Crippen LogP) is 3.84. The van der Waals surface area contributed by atoms with Crippen molar-refractivity contribution in [2.24, 2.45) is 17.3 Å². The molecule has 0 aromatic rings. The summed E-state index contributed by atoms with van der Waals surface area (Å²) in [5, 5.41) is 3.59. The Labute approximate surface area is 108 Å². The van der Waals surface area contributed by atoms with Crippen LogP contribution in [0.2, 0.25) is 0 Å². The third-order valence-corrected chi connectivity index (χ3v) is 4.17. The predicted molar refractivity (Wildman–Crippen MR) is 75.8 cm³/mol. The molecule has 0 amide bonds. The fraction of sp³-hybridized carbons (Fsp3) is 0.875. The van der Waals surface area contributed by atoms with Gasteiger partial charge >= 0.3 is 0 Å². The highest BCUT2D eigenvalue weighted by Gasteiger charge is 2.33. The van der Waals surface area contributed by atoms with Crippen LogP contribution >= 0.6 is 0 Å². The molecule has 0 radical (unpaired) electrons. The van der Waals surface area contributed by atoms with Crippen molar-refractivity contribution in [1.82, 2.24) is 5.32 Å². The van der Waals surface area contributed by atoms with Crippen molar-refractivity contribution in [2.45, 2.75) is 59.3 Å². The van der Waals surface area contributed by atoms with Crippen LogP contribution in [-0.4, -0.2) is 13.1 Å². The van der Waals surface area contributed by atoms with Crippen molar-refractivity contribution in [1.29, 1.82) is 0 Å². The molecule has 98 valence electrons. The second kappa shape index (κ2) is 7.07. The van der Waals surface area contributed by atoms with Gasteiger partial charge < -0.3 is 5.32 Å². The van der Waals surface area contributed by atoms with Crippen molar-refractivity contribution >= 4 is 0 Å². The number of hydrogen-bond donors (Lipinski definition) is 1. The van der Waals surface area contributed by atoms with E-state index in [1.54, 1.807) is 0 Å². The van der Waals surface area contributed by atoms with Crippen LogP contribution in [0.15, 0.2) is 0 Å². The molecule has 17 heavy (non-hydrogen) atoms.